The first kappa shape index (κ1) is 18.0. The van der Waals surface area contributed by atoms with Crippen LogP contribution in [0.15, 0.2) is 17.7 Å². The molecule has 0 N–H and O–H groups in total. The number of nitrogens with zero attached hydrogens (tertiary/aromatic N) is 2. The average molecular weight is 354 g/mol. The summed E-state index contributed by atoms with van der Waals surface area (Å²) < 4.78 is 10.4. The van der Waals surface area contributed by atoms with Crippen molar-refractivity contribution in [3.8, 4) is 11.8 Å². The first-order chi connectivity index (χ1) is 12.3. The number of esters is 1. The van der Waals surface area contributed by atoms with Crippen LogP contribution in [0, 0.1) is 11.3 Å². The Labute approximate surface area is 153 Å². The van der Waals surface area contributed by atoms with Crippen LogP contribution in [-0.2, 0) is 14.3 Å². The predicted molar refractivity (Wildman–Crippen MR) is 96.8 cm³/mol. The van der Waals surface area contributed by atoms with Crippen molar-refractivity contribution < 1.29 is 19.1 Å². The smallest absolute Gasteiger partial charge is 0.349 e. The minimum atomic E-state index is -0.777. The number of carbonyl (C=O) groups excluding carboxylic acids is 2. The van der Waals surface area contributed by atoms with Gasteiger partial charge in [-0.25, -0.2) is 4.79 Å². The van der Waals surface area contributed by atoms with E-state index in [2.05, 4.69) is 6.92 Å². The van der Waals surface area contributed by atoms with Gasteiger partial charge >= 0.3 is 5.97 Å². The third-order valence-electron chi connectivity index (χ3n) is 5.04. The number of amides is 1. The first-order valence-corrected chi connectivity index (χ1v) is 8.65. The fourth-order valence-corrected chi connectivity index (χ4v) is 4.07. The van der Waals surface area contributed by atoms with E-state index < -0.39 is 11.5 Å². The van der Waals surface area contributed by atoms with Gasteiger partial charge in [0.05, 0.1) is 25.0 Å². The summed E-state index contributed by atoms with van der Waals surface area (Å²) in [6, 6.07) is 5.53. The van der Waals surface area contributed by atoms with E-state index in [9.17, 15) is 14.9 Å². The Morgan fingerprint density at radius 1 is 1.42 bits per heavy atom. The highest BCUT2D eigenvalue weighted by atomic mass is 16.5. The predicted octanol–water partition coefficient (Wildman–Crippen LogP) is 3.17. The van der Waals surface area contributed by atoms with Crippen molar-refractivity contribution in [1.29, 1.82) is 5.26 Å². The summed E-state index contributed by atoms with van der Waals surface area (Å²) in [5.41, 5.74) is 1.74. The summed E-state index contributed by atoms with van der Waals surface area (Å²) in [6.45, 7) is 7.90. The zero-order chi connectivity index (χ0) is 19.2. The maximum atomic E-state index is 13.3. The van der Waals surface area contributed by atoms with Crippen molar-refractivity contribution in [3.63, 3.8) is 0 Å². The molecule has 6 nitrogen and oxygen atoms in total. The van der Waals surface area contributed by atoms with E-state index in [0.717, 1.165) is 17.7 Å². The van der Waals surface area contributed by atoms with Gasteiger partial charge in [0.2, 0.25) is 0 Å². The zero-order valence-electron chi connectivity index (χ0n) is 15.7. The molecule has 0 aliphatic carbocycles. The lowest BCUT2D eigenvalue weighted by Gasteiger charge is -2.43. The number of nitriles is 1. The molecule has 0 unspecified atom stereocenters. The molecule has 0 aromatic heterocycles. The molecular formula is C20H22N2O4. The minimum Gasteiger partial charge on any atom is -0.497 e. The van der Waals surface area contributed by atoms with Crippen LogP contribution in [0.4, 0.5) is 5.69 Å². The SMILES string of the molecule is CCOC(=O)/C(C#N)=C1\C(=O)N2c3c1cc(OC)cc3[C@@H](C)CC2(C)C. The van der Waals surface area contributed by atoms with Crippen molar-refractivity contribution >= 4 is 23.1 Å². The fraction of sp³-hybridized carbons (Fsp3) is 0.450. The van der Waals surface area contributed by atoms with Gasteiger partial charge in [0.25, 0.3) is 5.91 Å². The molecule has 3 rings (SSSR count). The van der Waals surface area contributed by atoms with Crippen molar-refractivity contribution in [2.24, 2.45) is 0 Å². The van der Waals surface area contributed by atoms with Crippen LogP contribution in [0.1, 0.15) is 51.2 Å². The van der Waals surface area contributed by atoms with Crippen molar-refractivity contribution in [2.45, 2.75) is 45.6 Å². The highest BCUT2D eigenvalue weighted by molar-refractivity contribution is 6.37. The Morgan fingerprint density at radius 3 is 2.69 bits per heavy atom. The lowest BCUT2D eigenvalue weighted by Crippen LogP contribution is -2.49. The van der Waals surface area contributed by atoms with E-state index in [-0.39, 0.29) is 29.6 Å². The molecule has 0 fully saturated rings. The van der Waals surface area contributed by atoms with Crippen molar-refractivity contribution in [2.75, 3.05) is 18.6 Å². The molecule has 1 aromatic rings. The van der Waals surface area contributed by atoms with Crippen LogP contribution in [0.5, 0.6) is 5.75 Å². The number of methoxy groups -OCH3 is 1. The molecule has 6 heteroatoms. The Bertz CT molecular complexity index is 877. The summed E-state index contributed by atoms with van der Waals surface area (Å²) in [6.07, 6.45) is 0.771. The molecule has 0 saturated heterocycles. The van der Waals surface area contributed by atoms with Gasteiger partial charge in [0, 0.05) is 11.1 Å². The van der Waals surface area contributed by atoms with Crippen LogP contribution < -0.4 is 9.64 Å². The van der Waals surface area contributed by atoms with Gasteiger partial charge in [0.15, 0.2) is 5.57 Å². The van der Waals surface area contributed by atoms with Gasteiger partial charge in [-0.15, -0.1) is 0 Å². The Kier molecular flexibility index (Phi) is 4.27. The summed E-state index contributed by atoms with van der Waals surface area (Å²) in [7, 11) is 1.56. The molecule has 0 bridgehead atoms. The van der Waals surface area contributed by atoms with Gasteiger partial charge in [-0.2, -0.15) is 5.26 Å². The first-order valence-electron chi connectivity index (χ1n) is 8.65. The highest BCUT2D eigenvalue weighted by Crippen LogP contribution is 2.53. The Balaban J connectivity index is 2.36. The van der Waals surface area contributed by atoms with Gasteiger partial charge in [-0.3, -0.25) is 4.79 Å². The molecular weight excluding hydrogens is 332 g/mol. The molecule has 2 heterocycles. The lowest BCUT2D eigenvalue weighted by atomic mass is 9.80. The van der Waals surface area contributed by atoms with E-state index >= 15 is 0 Å². The van der Waals surface area contributed by atoms with E-state index in [1.807, 2.05) is 26.0 Å². The summed E-state index contributed by atoms with van der Waals surface area (Å²) >= 11 is 0. The van der Waals surface area contributed by atoms with Crippen LogP contribution >= 0.6 is 0 Å². The largest absolute Gasteiger partial charge is 0.497 e. The molecule has 136 valence electrons. The van der Waals surface area contributed by atoms with Crippen LogP contribution in [-0.4, -0.2) is 31.1 Å². The molecule has 0 saturated carbocycles. The Morgan fingerprint density at radius 2 is 2.12 bits per heavy atom. The summed E-state index contributed by atoms with van der Waals surface area (Å²) in [5.74, 6) is -0.305. The third-order valence-corrected chi connectivity index (χ3v) is 5.04. The maximum absolute atomic E-state index is 13.3. The molecule has 26 heavy (non-hydrogen) atoms. The number of carbonyl (C=O) groups is 2. The third kappa shape index (κ3) is 2.47. The molecule has 1 aromatic carbocycles. The topological polar surface area (TPSA) is 79.6 Å². The standard InChI is InChI=1S/C20H22N2O4/c1-6-26-19(24)15(10-21)16-14-8-12(25-5)7-13-11(2)9-20(3,4)22(17(13)14)18(16)23/h7-8,11H,6,9H2,1-5H3/b16-15-/t11-/m0/s1. The lowest BCUT2D eigenvalue weighted by molar-refractivity contribution is -0.138. The van der Waals surface area contributed by atoms with E-state index in [1.165, 1.54) is 0 Å². The second-order valence-corrected chi connectivity index (χ2v) is 7.25. The van der Waals surface area contributed by atoms with Gasteiger partial charge in [-0.05, 0) is 50.8 Å². The monoisotopic (exact) mass is 354 g/mol. The van der Waals surface area contributed by atoms with Gasteiger partial charge in [0.1, 0.15) is 11.8 Å². The number of ether oxygens (including phenoxy) is 2. The van der Waals surface area contributed by atoms with Crippen molar-refractivity contribution in [1.82, 2.24) is 0 Å². The number of rotatable bonds is 3. The maximum Gasteiger partial charge on any atom is 0.349 e. The summed E-state index contributed by atoms with van der Waals surface area (Å²) in [4.78, 5) is 27.3. The molecule has 2 aliphatic rings. The molecule has 0 spiro atoms. The number of hydrogen-bond donors (Lipinski definition) is 0. The molecule has 0 radical (unpaired) electrons. The number of benzene rings is 1. The second kappa shape index (κ2) is 6.17. The fourth-order valence-electron chi connectivity index (χ4n) is 4.07. The van der Waals surface area contributed by atoms with Crippen molar-refractivity contribution in [3.05, 3.63) is 28.8 Å². The van der Waals surface area contributed by atoms with E-state index in [0.29, 0.717) is 11.3 Å². The summed E-state index contributed by atoms with van der Waals surface area (Å²) in [5, 5.41) is 9.57. The zero-order valence-corrected chi connectivity index (χ0v) is 15.7. The van der Waals surface area contributed by atoms with Gasteiger partial charge < -0.3 is 14.4 Å². The minimum absolute atomic E-state index is 0.100. The average Bonchev–Trinajstić information content (AvgIpc) is 2.87. The van der Waals surface area contributed by atoms with Gasteiger partial charge in [-0.1, -0.05) is 6.92 Å². The molecule has 1 amide bonds. The van der Waals surface area contributed by atoms with E-state index in [1.54, 1.807) is 25.0 Å². The number of hydrogen-bond acceptors (Lipinski definition) is 5. The Hall–Kier alpha value is -2.81. The highest BCUT2D eigenvalue weighted by Gasteiger charge is 2.49. The van der Waals surface area contributed by atoms with E-state index in [4.69, 9.17) is 9.47 Å². The van der Waals surface area contributed by atoms with Crippen LogP contribution in [0.2, 0.25) is 0 Å². The molecule has 2 aliphatic heterocycles. The number of anilines is 1. The second-order valence-electron chi connectivity index (χ2n) is 7.25. The van der Waals surface area contributed by atoms with Crippen LogP contribution in [0.3, 0.4) is 0 Å². The van der Waals surface area contributed by atoms with Crippen LogP contribution in [0.25, 0.3) is 5.57 Å². The molecule has 1 atom stereocenters. The quantitative estimate of drug-likeness (QED) is 0.473. The normalized spacial score (nSPS) is 21.8.